The van der Waals surface area contributed by atoms with Gasteiger partial charge in [-0.1, -0.05) is 30.3 Å². The molecule has 0 fully saturated rings. The number of nitrogens with zero attached hydrogens (tertiary/aromatic N) is 3. The summed E-state index contributed by atoms with van der Waals surface area (Å²) in [5.41, 5.74) is 2.27. The molecule has 2 heterocycles. The first-order valence-electron chi connectivity index (χ1n) is 6.60. The smallest absolute Gasteiger partial charge is 0.233 e. The summed E-state index contributed by atoms with van der Waals surface area (Å²) in [7, 11) is 0. The highest BCUT2D eigenvalue weighted by molar-refractivity contribution is 9.10. The van der Waals surface area contributed by atoms with Gasteiger partial charge < -0.3 is 10.3 Å². The van der Waals surface area contributed by atoms with Crippen LogP contribution in [-0.2, 0) is 11.3 Å². The number of benzene rings is 1. The van der Waals surface area contributed by atoms with Crippen LogP contribution in [-0.4, -0.2) is 25.8 Å². The van der Waals surface area contributed by atoms with Crippen LogP contribution in [0.25, 0.3) is 11.2 Å². The minimum absolute atomic E-state index is 0.217. The Hall–Kier alpha value is -2.48. The van der Waals surface area contributed by atoms with Crippen molar-refractivity contribution in [2.24, 2.45) is 0 Å². The predicted octanol–water partition coefficient (Wildman–Crippen LogP) is 2.69. The Morgan fingerprint density at radius 1 is 1.23 bits per heavy atom. The van der Waals surface area contributed by atoms with Crippen LogP contribution in [0.2, 0.25) is 0 Å². The van der Waals surface area contributed by atoms with Gasteiger partial charge in [-0.2, -0.15) is 9.97 Å². The van der Waals surface area contributed by atoms with Gasteiger partial charge in [0, 0.05) is 13.5 Å². The number of hydrogen-bond donors (Lipinski definition) is 3. The summed E-state index contributed by atoms with van der Waals surface area (Å²) in [6.45, 7) is 2.01. The number of anilines is 2. The van der Waals surface area contributed by atoms with Crippen molar-refractivity contribution in [3.05, 3.63) is 40.6 Å². The molecule has 0 aliphatic carbocycles. The molecule has 3 aromatic rings. The maximum atomic E-state index is 11.2. The monoisotopic (exact) mass is 360 g/mol. The number of carbonyl (C=O) groups is 1. The Bertz CT molecular complexity index is 817. The predicted molar refractivity (Wildman–Crippen MR) is 87.5 cm³/mol. The molecule has 0 saturated heterocycles. The fourth-order valence-corrected chi connectivity index (χ4v) is 2.36. The van der Waals surface area contributed by atoms with Crippen molar-refractivity contribution in [2.45, 2.75) is 13.5 Å². The number of aromatic amines is 1. The molecule has 0 unspecified atom stereocenters. The van der Waals surface area contributed by atoms with Crippen molar-refractivity contribution in [3.63, 3.8) is 0 Å². The number of halogens is 1. The second kappa shape index (κ2) is 6.10. The van der Waals surface area contributed by atoms with E-state index in [0.717, 1.165) is 5.56 Å². The summed E-state index contributed by atoms with van der Waals surface area (Å²) >= 11 is 3.28. The van der Waals surface area contributed by atoms with Crippen LogP contribution < -0.4 is 10.6 Å². The molecule has 1 amide bonds. The number of imidazole rings is 1. The van der Waals surface area contributed by atoms with E-state index < -0.39 is 0 Å². The Morgan fingerprint density at radius 2 is 2.00 bits per heavy atom. The molecule has 8 heteroatoms. The van der Waals surface area contributed by atoms with Crippen LogP contribution in [0.15, 0.2) is 35.1 Å². The first kappa shape index (κ1) is 14.5. The van der Waals surface area contributed by atoms with Gasteiger partial charge in [0.2, 0.25) is 11.9 Å². The minimum atomic E-state index is -0.233. The zero-order chi connectivity index (χ0) is 15.5. The number of H-pyrrole nitrogens is 1. The Balaban J connectivity index is 1.93. The molecule has 0 aliphatic rings. The van der Waals surface area contributed by atoms with E-state index in [2.05, 4.69) is 46.5 Å². The van der Waals surface area contributed by atoms with Crippen molar-refractivity contribution >= 4 is 44.8 Å². The van der Waals surface area contributed by atoms with E-state index in [1.165, 1.54) is 6.92 Å². The summed E-state index contributed by atoms with van der Waals surface area (Å²) in [6, 6.07) is 9.95. The Labute approximate surface area is 134 Å². The summed E-state index contributed by atoms with van der Waals surface area (Å²) in [6.07, 6.45) is 0. The van der Waals surface area contributed by atoms with Crippen molar-refractivity contribution in [1.29, 1.82) is 0 Å². The largest absolute Gasteiger partial charge is 0.364 e. The number of fused-ring (bicyclic) bond motifs is 1. The lowest BCUT2D eigenvalue weighted by molar-refractivity contribution is -0.114. The molecule has 0 saturated carbocycles. The van der Waals surface area contributed by atoms with Crippen molar-refractivity contribution in [1.82, 2.24) is 19.9 Å². The number of rotatable bonds is 4. The number of hydrogen-bond acceptors (Lipinski definition) is 5. The lowest BCUT2D eigenvalue weighted by atomic mass is 10.2. The van der Waals surface area contributed by atoms with Gasteiger partial charge >= 0.3 is 0 Å². The van der Waals surface area contributed by atoms with Crippen LogP contribution in [0.1, 0.15) is 12.5 Å². The highest BCUT2D eigenvalue weighted by atomic mass is 79.9. The lowest BCUT2D eigenvalue weighted by Crippen LogP contribution is -2.11. The Morgan fingerprint density at radius 3 is 2.73 bits per heavy atom. The minimum Gasteiger partial charge on any atom is -0.364 e. The van der Waals surface area contributed by atoms with E-state index in [4.69, 9.17) is 0 Å². The zero-order valence-corrected chi connectivity index (χ0v) is 13.3. The van der Waals surface area contributed by atoms with Crippen LogP contribution in [0.5, 0.6) is 0 Å². The molecule has 0 bridgehead atoms. The standard InChI is InChI=1S/C14H13BrN6O/c1-8(22)17-14-20-11(10-12(21-14)19-13(15)18-10)16-7-9-5-3-2-4-6-9/h2-6H,7H2,1H3,(H3,16,17,18,19,20,21,22). The van der Waals surface area contributed by atoms with E-state index in [1.807, 2.05) is 30.3 Å². The van der Waals surface area contributed by atoms with Gasteiger partial charge in [-0.15, -0.1) is 0 Å². The molecule has 3 rings (SSSR count). The van der Waals surface area contributed by atoms with Crippen molar-refractivity contribution in [2.75, 3.05) is 10.6 Å². The van der Waals surface area contributed by atoms with Gasteiger partial charge in [0.15, 0.2) is 16.2 Å². The SMILES string of the molecule is CC(=O)Nc1nc(NCc2ccccc2)c2[nH]c(Br)nc2n1. The van der Waals surface area contributed by atoms with Crippen molar-refractivity contribution in [3.8, 4) is 0 Å². The molecule has 1 aromatic carbocycles. The van der Waals surface area contributed by atoms with Crippen LogP contribution >= 0.6 is 15.9 Å². The molecule has 2 aromatic heterocycles. The van der Waals surface area contributed by atoms with Gasteiger partial charge in [-0.25, -0.2) is 4.98 Å². The highest BCUT2D eigenvalue weighted by Crippen LogP contribution is 2.22. The van der Waals surface area contributed by atoms with Gasteiger partial charge in [0.25, 0.3) is 0 Å². The third-order valence-electron chi connectivity index (χ3n) is 2.91. The second-order valence-electron chi connectivity index (χ2n) is 4.64. The molecule has 0 atom stereocenters. The number of nitrogens with one attached hydrogen (secondary N) is 3. The number of amides is 1. The second-order valence-corrected chi connectivity index (χ2v) is 5.39. The van der Waals surface area contributed by atoms with Crippen LogP contribution in [0, 0.1) is 0 Å². The fraction of sp³-hybridized carbons (Fsp3) is 0.143. The maximum absolute atomic E-state index is 11.2. The molecule has 112 valence electrons. The quantitative estimate of drug-likeness (QED) is 0.621. The number of aromatic nitrogens is 4. The summed E-state index contributed by atoms with van der Waals surface area (Å²) in [4.78, 5) is 27.0. The fourth-order valence-electron chi connectivity index (χ4n) is 1.99. The molecule has 3 N–H and O–H groups in total. The van der Waals surface area contributed by atoms with Gasteiger partial charge in [0.1, 0.15) is 5.52 Å². The average molecular weight is 361 g/mol. The summed E-state index contributed by atoms with van der Waals surface area (Å²) in [5.74, 6) is 0.563. The topological polar surface area (TPSA) is 95.6 Å². The summed E-state index contributed by atoms with van der Waals surface area (Å²) < 4.78 is 0.555. The molecular weight excluding hydrogens is 348 g/mol. The molecular formula is C14H13BrN6O. The zero-order valence-electron chi connectivity index (χ0n) is 11.7. The van der Waals surface area contributed by atoms with E-state index in [0.29, 0.717) is 28.3 Å². The molecule has 22 heavy (non-hydrogen) atoms. The van der Waals surface area contributed by atoms with E-state index in [-0.39, 0.29) is 11.9 Å². The van der Waals surface area contributed by atoms with Crippen LogP contribution in [0.4, 0.5) is 11.8 Å². The third kappa shape index (κ3) is 3.22. The van der Waals surface area contributed by atoms with E-state index in [9.17, 15) is 4.79 Å². The first-order chi connectivity index (χ1) is 10.6. The van der Waals surface area contributed by atoms with Crippen LogP contribution in [0.3, 0.4) is 0 Å². The van der Waals surface area contributed by atoms with Gasteiger partial charge in [0.05, 0.1) is 0 Å². The molecule has 0 aliphatic heterocycles. The van der Waals surface area contributed by atoms with E-state index >= 15 is 0 Å². The average Bonchev–Trinajstić information content (AvgIpc) is 2.85. The normalized spacial score (nSPS) is 10.6. The third-order valence-corrected chi connectivity index (χ3v) is 3.29. The molecule has 0 spiro atoms. The summed E-state index contributed by atoms with van der Waals surface area (Å²) in [5, 5.41) is 5.81. The van der Waals surface area contributed by atoms with Gasteiger partial charge in [-0.3, -0.25) is 10.1 Å². The van der Waals surface area contributed by atoms with E-state index in [1.54, 1.807) is 0 Å². The lowest BCUT2D eigenvalue weighted by Gasteiger charge is -2.08. The number of carbonyl (C=O) groups excluding carboxylic acids is 1. The molecule has 0 radical (unpaired) electrons. The maximum Gasteiger partial charge on any atom is 0.233 e. The molecule has 7 nitrogen and oxygen atoms in total. The van der Waals surface area contributed by atoms with Gasteiger partial charge in [-0.05, 0) is 21.5 Å². The van der Waals surface area contributed by atoms with Crippen molar-refractivity contribution < 1.29 is 4.79 Å². The first-order valence-corrected chi connectivity index (χ1v) is 7.40. The Kier molecular flexibility index (Phi) is 4.01. The highest BCUT2D eigenvalue weighted by Gasteiger charge is 2.12.